The van der Waals surface area contributed by atoms with Gasteiger partial charge >= 0.3 is 0 Å². The number of sulfonamides is 1. The topological polar surface area (TPSA) is 80.5 Å². The number of rotatable bonds is 7. The molecule has 2 atom stereocenters. The van der Waals surface area contributed by atoms with Crippen LogP contribution in [0.2, 0.25) is 0 Å². The van der Waals surface area contributed by atoms with Gasteiger partial charge in [0.25, 0.3) is 5.69 Å². The van der Waals surface area contributed by atoms with Gasteiger partial charge in [-0.2, -0.15) is 4.31 Å². The average molecular weight is 465 g/mol. The van der Waals surface area contributed by atoms with E-state index in [2.05, 4.69) is 22.5 Å². The molecule has 0 spiro atoms. The van der Waals surface area contributed by atoms with E-state index in [4.69, 9.17) is 0 Å². The first-order chi connectivity index (χ1) is 13.3. The number of allylic oxidation sites excluding steroid dienone is 1. The molecule has 0 saturated carbocycles. The number of hydrogen-bond donors (Lipinski definition) is 0. The zero-order valence-electron chi connectivity index (χ0n) is 15.2. The summed E-state index contributed by atoms with van der Waals surface area (Å²) in [6.45, 7) is 4.15. The number of hydrogen-bond acceptors (Lipinski definition) is 4. The first-order valence-corrected chi connectivity index (χ1v) is 11.3. The van der Waals surface area contributed by atoms with Crippen molar-refractivity contribution in [3.63, 3.8) is 0 Å². The van der Waals surface area contributed by atoms with E-state index in [-0.39, 0.29) is 15.4 Å². The summed E-state index contributed by atoms with van der Waals surface area (Å²) in [4.78, 5) is 10.3. The van der Waals surface area contributed by atoms with Crippen LogP contribution in [0.15, 0.2) is 72.1 Å². The minimum absolute atomic E-state index is 0.0674. The van der Waals surface area contributed by atoms with E-state index in [0.717, 1.165) is 11.6 Å². The maximum absolute atomic E-state index is 13.6. The SMILES string of the molecule is C=CC[C@H](Br)[C@@]1(c2ccccc2)CCCN1S(=O)(=O)c1cccc([N+](=O)[O-])c1. The van der Waals surface area contributed by atoms with Gasteiger partial charge in [0.2, 0.25) is 10.0 Å². The van der Waals surface area contributed by atoms with Crippen molar-refractivity contribution in [2.24, 2.45) is 0 Å². The Morgan fingerprint density at radius 3 is 2.61 bits per heavy atom. The molecule has 1 heterocycles. The summed E-state index contributed by atoms with van der Waals surface area (Å²) >= 11 is 3.72. The molecule has 2 aromatic rings. The van der Waals surface area contributed by atoms with Crippen molar-refractivity contribution < 1.29 is 13.3 Å². The average Bonchev–Trinajstić information content (AvgIpc) is 3.16. The summed E-state index contributed by atoms with van der Waals surface area (Å²) in [5.41, 5.74) is -0.142. The van der Waals surface area contributed by atoms with Crippen LogP contribution in [0.1, 0.15) is 24.8 Å². The predicted octanol–water partition coefficient (Wildman–Crippen LogP) is 4.61. The van der Waals surface area contributed by atoms with Crippen LogP contribution in [0.25, 0.3) is 0 Å². The third kappa shape index (κ3) is 3.52. The first kappa shape index (κ1) is 20.7. The molecule has 1 aliphatic heterocycles. The van der Waals surface area contributed by atoms with E-state index in [1.54, 1.807) is 6.08 Å². The van der Waals surface area contributed by atoms with Gasteiger partial charge in [0.05, 0.1) is 15.4 Å². The van der Waals surface area contributed by atoms with Gasteiger partial charge in [-0.05, 0) is 30.9 Å². The lowest BCUT2D eigenvalue weighted by Crippen LogP contribution is -2.50. The molecule has 148 valence electrons. The Hall–Kier alpha value is -2.03. The summed E-state index contributed by atoms with van der Waals surface area (Å²) in [6.07, 6.45) is 3.69. The molecule has 0 radical (unpaired) electrons. The van der Waals surface area contributed by atoms with Gasteiger partial charge in [-0.3, -0.25) is 10.1 Å². The number of nitro groups is 1. The van der Waals surface area contributed by atoms with Crippen molar-refractivity contribution in [2.45, 2.75) is 34.5 Å². The first-order valence-electron chi connectivity index (χ1n) is 8.92. The molecule has 0 aliphatic carbocycles. The fraction of sp³-hybridized carbons (Fsp3) is 0.300. The molecule has 0 amide bonds. The van der Waals surface area contributed by atoms with Crippen LogP contribution in [-0.2, 0) is 15.6 Å². The Labute approximate surface area is 173 Å². The lowest BCUT2D eigenvalue weighted by Gasteiger charge is -2.41. The van der Waals surface area contributed by atoms with Gasteiger partial charge in [0, 0.05) is 23.5 Å². The van der Waals surface area contributed by atoms with E-state index in [9.17, 15) is 18.5 Å². The second-order valence-corrected chi connectivity index (χ2v) is 9.69. The Morgan fingerprint density at radius 2 is 1.96 bits per heavy atom. The van der Waals surface area contributed by atoms with Crippen molar-refractivity contribution in [1.29, 1.82) is 0 Å². The van der Waals surface area contributed by atoms with Gasteiger partial charge in [-0.1, -0.05) is 58.4 Å². The molecule has 0 bridgehead atoms. The van der Waals surface area contributed by atoms with Gasteiger partial charge in [-0.15, -0.1) is 6.58 Å². The number of nitro benzene ring substituents is 1. The number of nitrogens with zero attached hydrogens (tertiary/aromatic N) is 2. The lowest BCUT2D eigenvalue weighted by molar-refractivity contribution is -0.385. The van der Waals surface area contributed by atoms with Gasteiger partial charge in [-0.25, -0.2) is 8.42 Å². The molecule has 2 aromatic carbocycles. The third-order valence-electron chi connectivity index (χ3n) is 5.15. The normalized spacial score (nSPS) is 21.3. The molecule has 8 heteroatoms. The minimum atomic E-state index is -3.95. The van der Waals surface area contributed by atoms with Crippen molar-refractivity contribution in [2.75, 3.05) is 6.54 Å². The largest absolute Gasteiger partial charge is 0.270 e. The summed E-state index contributed by atoms with van der Waals surface area (Å²) in [6, 6.07) is 14.8. The Balaban J connectivity index is 2.16. The van der Waals surface area contributed by atoms with Crippen LogP contribution in [0.3, 0.4) is 0 Å². The fourth-order valence-electron chi connectivity index (χ4n) is 3.89. The highest BCUT2D eigenvalue weighted by Gasteiger charge is 2.52. The molecule has 6 nitrogen and oxygen atoms in total. The quantitative estimate of drug-likeness (QED) is 0.259. The molecule has 1 fully saturated rings. The van der Waals surface area contributed by atoms with Crippen LogP contribution >= 0.6 is 15.9 Å². The predicted molar refractivity (Wildman–Crippen MR) is 112 cm³/mol. The van der Waals surface area contributed by atoms with Crippen molar-refractivity contribution in [3.05, 3.63) is 82.9 Å². The Kier molecular flexibility index (Phi) is 6.02. The number of non-ortho nitro benzene ring substituents is 1. The van der Waals surface area contributed by atoms with Crippen molar-refractivity contribution in [1.82, 2.24) is 4.31 Å². The van der Waals surface area contributed by atoms with E-state index in [1.165, 1.54) is 22.5 Å². The highest BCUT2D eigenvalue weighted by molar-refractivity contribution is 9.09. The fourth-order valence-corrected chi connectivity index (χ4v) is 6.92. The zero-order valence-corrected chi connectivity index (χ0v) is 17.6. The molecule has 0 unspecified atom stereocenters. The molecule has 1 saturated heterocycles. The number of halogens is 1. The standard InChI is InChI=1S/C20H21BrN2O4S/c1-2-8-19(21)20(16-9-4-3-5-10-16)13-7-14-22(20)28(26,27)18-12-6-11-17(15-18)23(24)25/h2-6,9-12,15,19H,1,7-8,13-14H2/t19-,20-/m0/s1. The second kappa shape index (κ2) is 8.14. The molecule has 0 N–H and O–H groups in total. The van der Waals surface area contributed by atoms with Crippen LogP contribution in [0, 0.1) is 10.1 Å². The van der Waals surface area contributed by atoms with Crippen LogP contribution in [0.4, 0.5) is 5.69 Å². The van der Waals surface area contributed by atoms with Crippen LogP contribution in [-0.4, -0.2) is 29.0 Å². The highest BCUT2D eigenvalue weighted by Crippen LogP contribution is 2.48. The molecule has 28 heavy (non-hydrogen) atoms. The number of alkyl halides is 1. The molecular formula is C20H21BrN2O4S. The second-order valence-electron chi connectivity index (χ2n) is 6.72. The molecular weight excluding hydrogens is 444 g/mol. The summed E-state index contributed by atoms with van der Waals surface area (Å²) in [5, 5.41) is 11.1. The summed E-state index contributed by atoms with van der Waals surface area (Å²) in [5.74, 6) is 0. The van der Waals surface area contributed by atoms with Gasteiger partial charge in [0.15, 0.2) is 0 Å². The zero-order chi connectivity index (χ0) is 20.4. The van der Waals surface area contributed by atoms with Crippen molar-refractivity contribution >= 4 is 31.6 Å². The lowest BCUT2D eigenvalue weighted by atomic mass is 9.84. The molecule has 1 aliphatic rings. The maximum atomic E-state index is 13.6. The number of benzene rings is 2. The monoisotopic (exact) mass is 464 g/mol. The third-order valence-corrected chi connectivity index (χ3v) is 8.22. The minimum Gasteiger partial charge on any atom is -0.258 e. The molecule has 3 rings (SSSR count). The van der Waals surface area contributed by atoms with E-state index in [0.29, 0.717) is 25.8 Å². The highest BCUT2D eigenvalue weighted by atomic mass is 79.9. The Morgan fingerprint density at radius 1 is 1.25 bits per heavy atom. The van der Waals surface area contributed by atoms with Gasteiger partial charge in [0.1, 0.15) is 0 Å². The van der Waals surface area contributed by atoms with Gasteiger partial charge < -0.3 is 0 Å². The van der Waals surface area contributed by atoms with Crippen LogP contribution in [0.5, 0.6) is 0 Å². The summed E-state index contributed by atoms with van der Waals surface area (Å²) in [7, 11) is -3.95. The van der Waals surface area contributed by atoms with E-state index in [1.807, 2.05) is 30.3 Å². The van der Waals surface area contributed by atoms with E-state index >= 15 is 0 Å². The van der Waals surface area contributed by atoms with Crippen molar-refractivity contribution in [3.8, 4) is 0 Å². The Bertz CT molecular complexity index is 981. The molecule has 0 aromatic heterocycles. The maximum Gasteiger partial charge on any atom is 0.270 e. The summed E-state index contributed by atoms with van der Waals surface area (Å²) < 4.78 is 28.6. The smallest absolute Gasteiger partial charge is 0.258 e. The van der Waals surface area contributed by atoms with E-state index < -0.39 is 20.5 Å². The van der Waals surface area contributed by atoms with Crippen LogP contribution < -0.4 is 0 Å².